The molecule has 1 rings (SSSR count). The van der Waals surface area contributed by atoms with Crippen molar-refractivity contribution in [3.8, 4) is 0 Å². The molecule has 2 N–H and O–H groups in total. The summed E-state index contributed by atoms with van der Waals surface area (Å²) >= 11 is 0. The Kier molecular flexibility index (Phi) is 3.34. The maximum absolute atomic E-state index is 5.75. The second kappa shape index (κ2) is 4.07. The van der Waals surface area contributed by atoms with Crippen LogP contribution in [0.4, 0.5) is 0 Å². The predicted molar refractivity (Wildman–Crippen MR) is 47.9 cm³/mol. The van der Waals surface area contributed by atoms with Crippen molar-refractivity contribution in [2.24, 2.45) is 17.7 Å². The zero-order chi connectivity index (χ0) is 8.27. The molecule has 1 saturated heterocycles. The molecule has 1 aliphatic heterocycles. The van der Waals surface area contributed by atoms with Gasteiger partial charge in [-0.25, -0.2) is 5.01 Å². The van der Waals surface area contributed by atoms with Gasteiger partial charge in [-0.15, -0.1) is 0 Å². The smallest absolute Gasteiger partial charge is 0.0159 e. The summed E-state index contributed by atoms with van der Waals surface area (Å²) in [5, 5.41) is 1.97. The summed E-state index contributed by atoms with van der Waals surface area (Å²) < 4.78 is 0. The van der Waals surface area contributed by atoms with Crippen LogP contribution in [0.3, 0.4) is 0 Å². The van der Waals surface area contributed by atoms with Gasteiger partial charge in [-0.1, -0.05) is 26.7 Å². The van der Waals surface area contributed by atoms with Crippen molar-refractivity contribution in [3.05, 3.63) is 0 Å². The number of nitrogens with zero attached hydrogens (tertiary/aromatic N) is 1. The van der Waals surface area contributed by atoms with Gasteiger partial charge in [0.05, 0.1) is 0 Å². The van der Waals surface area contributed by atoms with Crippen LogP contribution in [0.5, 0.6) is 0 Å². The first-order valence-corrected chi connectivity index (χ1v) is 4.77. The maximum Gasteiger partial charge on any atom is 0.0159 e. The average molecular weight is 156 g/mol. The summed E-state index contributed by atoms with van der Waals surface area (Å²) in [5.41, 5.74) is 0. The van der Waals surface area contributed by atoms with Crippen molar-refractivity contribution < 1.29 is 0 Å². The topological polar surface area (TPSA) is 29.3 Å². The molecule has 0 amide bonds. The number of hydrogen-bond acceptors (Lipinski definition) is 2. The molecule has 0 radical (unpaired) electrons. The Morgan fingerprint density at radius 1 is 1.27 bits per heavy atom. The molecular formula is C9H20N2. The quantitative estimate of drug-likeness (QED) is 0.616. The molecule has 0 aromatic heterocycles. The van der Waals surface area contributed by atoms with Crippen LogP contribution in [-0.4, -0.2) is 18.1 Å². The van der Waals surface area contributed by atoms with Crippen molar-refractivity contribution in [1.82, 2.24) is 5.01 Å². The van der Waals surface area contributed by atoms with E-state index in [4.69, 9.17) is 5.84 Å². The van der Waals surface area contributed by atoms with Crippen molar-refractivity contribution in [2.45, 2.75) is 33.1 Å². The Labute approximate surface area is 69.7 Å². The zero-order valence-electron chi connectivity index (χ0n) is 7.71. The first kappa shape index (κ1) is 9.01. The van der Waals surface area contributed by atoms with Gasteiger partial charge in [0.1, 0.15) is 0 Å². The van der Waals surface area contributed by atoms with Gasteiger partial charge in [-0.05, 0) is 18.3 Å². The third kappa shape index (κ3) is 2.17. The lowest BCUT2D eigenvalue weighted by atomic mass is 9.83. The van der Waals surface area contributed by atoms with Gasteiger partial charge in [-0.3, -0.25) is 5.84 Å². The number of nitrogens with two attached hydrogens (primary N) is 1. The molecule has 1 fully saturated rings. The highest BCUT2D eigenvalue weighted by Crippen LogP contribution is 2.26. The van der Waals surface area contributed by atoms with Crippen LogP contribution in [0.1, 0.15) is 33.1 Å². The Balaban J connectivity index is 2.41. The number of piperidine rings is 1. The minimum absolute atomic E-state index is 0.846. The van der Waals surface area contributed by atoms with Gasteiger partial charge in [-0.2, -0.15) is 0 Å². The molecule has 2 nitrogen and oxygen atoms in total. The van der Waals surface area contributed by atoms with Crippen LogP contribution >= 0.6 is 0 Å². The van der Waals surface area contributed by atoms with Crippen molar-refractivity contribution >= 4 is 0 Å². The molecule has 0 aliphatic carbocycles. The molecule has 0 aromatic rings. The third-order valence-electron chi connectivity index (χ3n) is 2.97. The highest BCUT2D eigenvalue weighted by Gasteiger charge is 2.24. The van der Waals surface area contributed by atoms with Crippen LogP contribution in [0.2, 0.25) is 0 Å². The van der Waals surface area contributed by atoms with Gasteiger partial charge in [0.25, 0.3) is 0 Å². The van der Waals surface area contributed by atoms with E-state index in [1.165, 1.54) is 19.3 Å². The number of rotatable bonds is 2. The van der Waals surface area contributed by atoms with Crippen LogP contribution in [0.25, 0.3) is 0 Å². The highest BCUT2D eigenvalue weighted by atomic mass is 15.4. The molecule has 0 saturated carbocycles. The Morgan fingerprint density at radius 3 is 2.45 bits per heavy atom. The zero-order valence-corrected chi connectivity index (χ0v) is 7.71. The fourth-order valence-electron chi connectivity index (χ4n) is 2.11. The molecule has 1 heterocycles. The van der Waals surface area contributed by atoms with Crippen LogP contribution in [-0.2, 0) is 0 Å². The molecule has 0 bridgehead atoms. The van der Waals surface area contributed by atoms with E-state index < -0.39 is 0 Å². The lowest BCUT2D eigenvalue weighted by Gasteiger charge is -2.35. The molecule has 2 atom stereocenters. The summed E-state index contributed by atoms with van der Waals surface area (Å²) in [7, 11) is 0. The second-order valence-electron chi connectivity index (χ2n) is 3.62. The van der Waals surface area contributed by atoms with E-state index in [1.54, 1.807) is 0 Å². The van der Waals surface area contributed by atoms with E-state index in [1.807, 2.05) is 5.01 Å². The minimum atomic E-state index is 0.846. The molecule has 0 spiro atoms. The van der Waals surface area contributed by atoms with E-state index in [0.717, 1.165) is 24.9 Å². The monoisotopic (exact) mass is 156 g/mol. The molecule has 0 aromatic carbocycles. The fraction of sp³-hybridized carbons (Fsp3) is 1.00. The fourth-order valence-corrected chi connectivity index (χ4v) is 2.11. The summed E-state index contributed by atoms with van der Waals surface area (Å²) in [6.07, 6.45) is 3.91. The largest absolute Gasteiger partial charge is 0.269 e. The molecular weight excluding hydrogens is 136 g/mol. The normalized spacial score (nSPS) is 34.1. The van der Waals surface area contributed by atoms with E-state index >= 15 is 0 Å². The highest BCUT2D eigenvalue weighted by molar-refractivity contribution is 4.76. The standard InChI is InChI=1S/C9H20N2/c1-3-8-5-6-11(10)7-9(8)4-2/h8-9H,3-7,10H2,1-2H3. The molecule has 1 aliphatic rings. The summed E-state index contributed by atoms with van der Waals surface area (Å²) in [6.45, 7) is 6.76. The van der Waals surface area contributed by atoms with Crippen molar-refractivity contribution in [2.75, 3.05) is 13.1 Å². The average Bonchev–Trinajstić information content (AvgIpc) is 2.04. The van der Waals surface area contributed by atoms with Crippen LogP contribution in [0, 0.1) is 11.8 Å². The van der Waals surface area contributed by atoms with E-state index in [-0.39, 0.29) is 0 Å². The lowest BCUT2D eigenvalue weighted by Crippen LogP contribution is -2.44. The van der Waals surface area contributed by atoms with Gasteiger partial charge in [0.2, 0.25) is 0 Å². The second-order valence-corrected chi connectivity index (χ2v) is 3.62. The summed E-state index contributed by atoms with van der Waals surface area (Å²) in [6, 6.07) is 0. The van der Waals surface area contributed by atoms with Crippen molar-refractivity contribution in [1.29, 1.82) is 0 Å². The molecule has 11 heavy (non-hydrogen) atoms. The number of hydrogen-bond donors (Lipinski definition) is 1. The maximum atomic E-state index is 5.75. The Hall–Kier alpha value is -0.0800. The van der Waals surface area contributed by atoms with E-state index in [0.29, 0.717) is 0 Å². The predicted octanol–water partition coefficient (Wildman–Crippen LogP) is 1.62. The molecule has 2 heteroatoms. The summed E-state index contributed by atoms with van der Waals surface area (Å²) in [5.74, 6) is 7.53. The first-order chi connectivity index (χ1) is 5.27. The van der Waals surface area contributed by atoms with Gasteiger partial charge >= 0.3 is 0 Å². The van der Waals surface area contributed by atoms with Gasteiger partial charge in [0, 0.05) is 13.1 Å². The lowest BCUT2D eigenvalue weighted by molar-refractivity contribution is 0.114. The first-order valence-electron chi connectivity index (χ1n) is 4.77. The minimum Gasteiger partial charge on any atom is -0.269 e. The molecule has 66 valence electrons. The molecule has 2 unspecified atom stereocenters. The van der Waals surface area contributed by atoms with Crippen LogP contribution in [0.15, 0.2) is 0 Å². The van der Waals surface area contributed by atoms with E-state index in [2.05, 4.69) is 13.8 Å². The Morgan fingerprint density at radius 2 is 1.91 bits per heavy atom. The van der Waals surface area contributed by atoms with Gasteiger partial charge in [0.15, 0.2) is 0 Å². The van der Waals surface area contributed by atoms with Gasteiger partial charge < -0.3 is 0 Å². The van der Waals surface area contributed by atoms with E-state index in [9.17, 15) is 0 Å². The SMILES string of the molecule is CCC1CCN(N)CC1CC. The van der Waals surface area contributed by atoms with Crippen molar-refractivity contribution in [3.63, 3.8) is 0 Å². The Bertz CT molecular complexity index is 114. The third-order valence-corrected chi connectivity index (χ3v) is 2.97. The summed E-state index contributed by atoms with van der Waals surface area (Å²) in [4.78, 5) is 0. The van der Waals surface area contributed by atoms with Crippen LogP contribution < -0.4 is 5.84 Å². The number of hydrazine groups is 1.